The number of halogens is 1. The van der Waals surface area contributed by atoms with E-state index in [9.17, 15) is 4.21 Å². The summed E-state index contributed by atoms with van der Waals surface area (Å²) in [4.78, 5) is 0.836. The fourth-order valence-corrected chi connectivity index (χ4v) is 3.37. The van der Waals surface area contributed by atoms with E-state index in [1.165, 1.54) is 0 Å². The molecule has 1 unspecified atom stereocenters. The molecule has 106 valence electrons. The van der Waals surface area contributed by atoms with Gasteiger partial charge in [0.2, 0.25) is 0 Å². The Hall–Kier alpha value is -1.33. The minimum Gasteiger partial charge on any atom is -0.493 e. The minimum atomic E-state index is -0.991. The van der Waals surface area contributed by atoms with Crippen LogP contribution >= 0.6 is 15.9 Å². The molecule has 0 saturated heterocycles. The Kier molecular flexibility index (Phi) is 5.61. The Morgan fingerprint density at radius 3 is 2.70 bits per heavy atom. The van der Waals surface area contributed by atoms with Crippen LogP contribution in [0.1, 0.15) is 6.42 Å². The van der Waals surface area contributed by atoms with Crippen molar-refractivity contribution in [3.63, 3.8) is 0 Å². The molecule has 0 saturated carbocycles. The molecule has 20 heavy (non-hydrogen) atoms. The Bertz CT molecular complexity index is 604. The third kappa shape index (κ3) is 4.65. The second kappa shape index (κ2) is 7.45. The summed E-state index contributed by atoms with van der Waals surface area (Å²) in [6.45, 7) is 0.531. The standard InChI is InChI=1S/C15H16BrNO2S/c16-12-4-1-7-15(10-12)20(18)9-3-8-19-14-6-2-5-13(17)11-14/h1-2,4-7,10-11H,3,8-9,17H2. The van der Waals surface area contributed by atoms with Crippen LogP contribution in [0.25, 0.3) is 0 Å². The normalized spacial score (nSPS) is 12.1. The van der Waals surface area contributed by atoms with Gasteiger partial charge in [0.25, 0.3) is 0 Å². The average molecular weight is 354 g/mol. The molecule has 0 heterocycles. The van der Waals surface area contributed by atoms with Crippen molar-refractivity contribution in [3.05, 3.63) is 53.0 Å². The molecule has 0 aliphatic rings. The van der Waals surface area contributed by atoms with E-state index >= 15 is 0 Å². The Morgan fingerprint density at radius 1 is 1.15 bits per heavy atom. The van der Waals surface area contributed by atoms with Crippen molar-refractivity contribution in [3.8, 4) is 5.75 Å². The highest BCUT2D eigenvalue weighted by molar-refractivity contribution is 9.10. The predicted molar refractivity (Wildman–Crippen MR) is 86.4 cm³/mol. The lowest BCUT2D eigenvalue weighted by Gasteiger charge is -2.07. The average Bonchev–Trinajstić information content (AvgIpc) is 2.43. The van der Waals surface area contributed by atoms with Crippen LogP contribution in [0.15, 0.2) is 57.9 Å². The van der Waals surface area contributed by atoms with Crippen LogP contribution in [0, 0.1) is 0 Å². The van der Waals surface area contributed by atoms with Gasteiger partial charge in [0.1, 0.15) is 5.75 Å². The van der Waals surface area contributed by atoms with Gasteiger partial charge in [-0.15, -0.1) is 0 Å². The fourth-order valence-electron chi connectivity index (χ4n) is 1.71. The van der Waals surface area contributed by atoms with Gasteiger partial charge in [-0.05, 0) is 36.8 Å². The summed E-state index contributed by atoms with van der Waals surface area (Å²) in [7, 11) is -0.991. The maximum absolute atomic E-state index is 12.1. The van der Waals surface area contributed by atoms with E-state index in [0.29, 0.717) is 18.0 Å². The molecule has 0 amide bonds. The van der Waals surface area contributed by atoms with Gasteiger partial charge < -0.3 is 10.5 Å². The first kappa shape index (κ1) is 15.1. The van der Waals surface area contributed by atoms with E-state index in [1.807, 2.05) is 42.5 Å². The number of nitrogen functional groups attached to an aromatic ring is 1. The number of rotatable bonds is 6. The highest BCUT2D eigenvalue weighted by atomic mass is 79.9. The predicted octanol–water partition coefficient (Wildman–Crippen LogP) is 3.61. The second-order valence-electron chi connectivity index (χ2n) is 4.28. The highest BCUT2D eigenvalue weighted by Crippen LogP contribution is 2.16. The van der Waals surface area contributed by atoms with Crippen LogP contribution < -0.4 is 10.5 Å². The highest BCUT2D eigenvalue weighted by Gasteiger charge is 2.04. The lowest BCUT2D eigenvalue weighted by molar-refractivity contribution is 0.318. The van der Waals surface area contributed by atoms with Crippen LogP contribution in [-0.2, 0) is 10.8 Å². The summed E-state index contributed by atoms with van der Waals surface area (Å²) in [5.41, 5.74) is 6.35. The smallest absolute Gasteiger partial charge is 0.121 e. The molecule has 1 atom stereocenters. The summed E-state index contributed by atoms with van der Waals surface area (Å²) >= 11 is 3.38. The molecule has 0 bridgehead atoms. The van der Waals surface area contributed by atoms with Crippen molar-refractivity contribution in [1.82, 2.24) is 0 Å². The molecule has 3 nitrogen and oxygen atoms in total. The van der Waals surface area contributed by atoms with Crippen LogP contribution in [0.2, 0.25) is 0 Å². The van der Waals surface area contributed by atoms with Gasteiger partial charge in [-0.3, -0.25) is 4.21 Å². The molecule has 0 spiro atoms. The lowest BCUT2D eigenvalue weighted by atomic mass is 10.3. The van der Waals surface area contributed by atoms with Crippen molar-refractivity contribution in [2.45, 2.75) is 11.3 Å². The van der Waals surface area contributed by atoms with Gasteiger partial charge in [0, 0.05) is 26.9 Å². The molecule has 2 rings (SSSR count). The van der Waals surface area contributed by atoms with Crippen LogP contribution in [0.4, 0.5) is 5.69 Å². The molecule has 0 radical (unpaired) electrons. The van der Waals surface area contributed by atoms with Crippen molar-refractivity contribution in [2.75, 3.05) is 18.1 Å². The van der Waals surface area contributed by atoms with Crippen molar-refractivity contribution in [2.24, 2.45) is 0 Å². The van der Waals surface area contributed by atoms with E-state index in [2.05, 4.69) is 15.9 Å². The zero-order valence-electron chi connectivity index (χ0n) is 10.9. The first-order chi connectivity index (χ1) is 9.65. The summed E-state index contributed by atoms with van der Waals surface area (Å²) in [6.07, 6.45) is 0.730. The molecule has 0 fully saturated rings. The van der Waals surface area contributed by atoms with E-state index in [4.69, 9.17) is 10.5 Å². The third-order valence-corrected chi connectivity index (χ3v) is 4.59. The lowest BCUT2D eigenvalue weighted by Crippen LogP contribution is -2.05. The molecule has 5 heteroatoms. The molecule has 0 aliphatic heterocycles. The number of anilines is 1. The van der Waals surface area contributed by atoms with Crippen LogP contribution in [-0.4, -0.2) is 16.6 Å². The van der Waals surface area contributed by atoms with Gasteiger partial charge in [-0.25, -0.2) is 0 Å². The third-order valence-electron chi connectivity index (χ3n) is 2.66. The van der Waals surface area contributed by atoms with Gasteiger partial charge in [-0.2, -0.15) is 0 Å². The monoisotopic (exact) mass is 353 g/mol. The fraction of sp³-hybridized carbons (Fsp3) is 0.200. The minimum absolute atomic E-state index is 0.531. The summed E-state index contributed by atoms with van der Waals surface area (Å²) in [5.74, 6) is 1.33. The van der Waals surface area contributed by atoms with Crippen LogP contribution in [0.5, 0.6) is 5.75 Å². The first-order valence-corrected chi connectivity index (χ1v) is 8.38. The Balaban J connectivity index is 1.77. The van der Waals surface area contributed by atoms with Crippen LogP contribution in [0.3, 0.4) is 0 Å². The summed E-state index contributed by atoms with van der Waals surface area (Å²) in [5, 5.41) is 0. The number of hydrogen-bond acceptors (Lipinski definition) is 3. The summed E-state index contributed by atoms with van der Waals surface area (Å²) < 4.78 is 18.6. The van der Waals surface area contributed by atoms with Gasteiger partial charge >= 0.3 is 0 Å². The maximum atomic E-state index is 12.1. The first-order valence-electron chi connectivity index (χ1n) is 6.27. The SMILES string of the molecule is Nc1cccc(OCCCS(=O)c2cccc(Br)c2)c1. The molecular formula is C15H16BrNO2S. The molecule has 0 aromatic heterocycles. The van der Waals surface area contributed by atoms with E-state index in [-0.39, 0.29) is 0 Å². The van der Waals surface area contributed by atoms with Gasteiger partial charge in [0.05, 0.1) is 17.4 Å². The number of nitrogens with two attached hydrogens (primary N) is 1. The molecule has 2 aromatic rings. The quantitative estimate of drug-likeness (QED) is 0.637. The van der Waals surface area contributed by atoms with Crippen molar-refractivity contribution >= 4 is 32.4 Å². The van der Waals surface area contributed by atoms with E-state index in [1.54, 1.807) is 6.07 Å². The molecule has 2 N–H and O–H groups in total. The van der Waals surface area contributed by atoms with Gasteiger partial charge in [-0.1, -0.05) is 28.1 Å². The number of ether oxygens (including phenoxy) is 1. The summed E-state index contributed by atoms with van der Waals surface area (Å²) in [6, 6.07) is 14.9. The molecule has 0 aliphatic carbocycles. The topological polar surface area (TPSA) is 52.3 Å². The zero-order valence-corrected chi connectivity index (χ0v) is 13.3. The maximum Gasteiger partial charge on any atom is 0.121 e. The van der Waals surface area contributed by atoms with Gasteiger partial charge in [0.15, 0.2) is 0 Å². The number of benzene rings is 2. The zero-order chi connectivity index (χ0) is 14.4. The van der Waals surface area contributed by atoms with E-state index in [0.717, 1.165) is 21.5 Å². The second-order valence-corrected chi connectivity index (χ2v) is 6.77. The largest absolute Gasteiger partial charge is 0.493 e. The molecule has 2 aromatic carbocycles. The van der Waals surface area contributed by atoms with Crippen molar-refractivity contribution < 1.29 is 8.95 Å². The number of hydrogen-bond donors (Lipinski definition) is 1. The van der Waals surface area contributed by atoms with E-state index < -0.39 is 10.8 Å². The van der Waals surface area contributed by atoms with Crippen molar-refractivity contribution in [1.29, 1.82) is 0 Å². The Labute approximate surface area is 129 Å². The molecular weight excluding hydrogens is 338 g/mol. The Morgan fingerprint density at radius 2 is 1.95 bits per heavy atom.